The number of allylic oxidation sites excluding steroid dienone is 2. The topological polar surface area (TPSA) is 0 Å². The number of benzene rings is 2. The van der Waals surface area contributed by atoms with Gasteiger partial charge in [-0.1, -0.05) is 125 Å². The van der Waals surface area contributed by atoms with Gasteiger partial charge in [0, 0.05) is 0 Å². The van der Waals surface area contributed by atoms with Gasteiger partial charge in [0.15, 0.2) is 0 Å². The lowest BCUT2D eigenvalue weighted by atomic mass is 9.98. The third-order valence-corrected chi connectivity index (χ3v) is 6.99. The van der Waals surface area contributed by atoms with Crippen LogP contribution in [0.25, 0.3) is 11.1 Å². The summed E-state index contributed by atoms with van der Waals surface area (Å²) in [7, 11) is 0. The third kappa shape index (κ3) is 13.0. The highest BCUT2D eigenvalue weighted by Crippen LogP contribution is 2.22. The van der Waals surface area contributed by atoms with Gasteiger partial charge in [0.2, 0.25) is 0 Å². The summed E-state index contributed by atoms with van der Waals surface area (Å²) >= 11 is 0. The molecule has 0 saturated heterocycles. The highest BCUT2D eigenvalue weighted by Gasteiger charge is 2.01. The fourth-order valence-corrected chi connectivity index (χ4v) is 4.73. The van der Waals surface area contributed by atoms with Gasteiger partial charge >= 0.3 is 0 Å². The second-order valence-corrected chi connectivity index (χ2v) is 10.00. The zero-order chi connectivity index (χ0) is 24.1. The molecule has 0 aromatic heterocycles. The van der Waals surface area contributed by atoms with Crippen molar-refractivity contribution in [3.63, 3.8) is 0 Å². The SMILES string of the molecule is C=CCCCCCCCCCc1ccc(-c2ccc(CCCCCCCCCC=C)cc2)cc1. The smallest absolute Gasteiger partial charge is 0.0184 e. The van der Waals surface area contributed by atoms with E-state index in [1.807, 2.05) is 12.2 Å². The summed E-state index contributed by atoms with van der Waals surface area (Å²) in [5, 5.41) is 0. The van der Waals surface area contributed by atoms with Crippen LogP contribution in [0.4, 0.5) is 0 Å². The fourth-order valence-electron chi connectivity index (χ4n) is 4.73. The van der Waals surface area contributed by atoms with Gasteiger partial charge in [-0.3, -0.25) is 0 Å². The first-order valence-electron chi connectivity index (χ1n) is 14.2. The van der Waals surface area contributed by atoms with Crippen molar-refractivity contribution in [2.75, 3.05) is 0 Å². The molecule has 0 aliphatic rings. The molecule has 34 heavy (non-hydrogen) atoms. The summed E-state index contributed by atoms with van der Waals surface area (Å²) in [4.78, 5) is 0. The maximum absolute atomic E-state index is 3.80. The summed E-state index contributed by atoms with van der Waals surface area (Å²) in [6.07, 6.45) is 27.9. The van der Waals surface area contributed by atoms with Crippen LogP contribution in [0.15, 0.2) is 73.8 Å². The Bertz CT molecular complexity index is 682. The molecular weight excluding hydrogens is 408 g/mol. The molecule has 186 valence electrons. The van der Waals surface area contributed by atoms with Gasteiger partial charge in [-0.2, -0.15) is 0 Å². The van der Waals surface area contributed by atoms with Crippen molar-refractivity contribution in [2.24, 2.45) is 0 Å². The van der Waals surface area contributed by atoms with Crippen molar-refractivity contribution in [1.82, 2.24) is 0 Å². The highest BCUT2D eigenvalue weighted by molar-refractivity contribution is 5.63. The third-order valence-electron chi connectivity index (χ3n) is 6.99. The molecule has 0 heteroatoms. The van der Waals surface area contributed by atoms with Crippen LogP contribution in [0.3, 0.4) is 0 Å². The zero-order valence-electron chi connectivity index (χ0n) is 21.9. The van der Waals surface area contributed by atoms with Crippen LogP contribution >= 0.6 is 0 Å². The van der Waals surface area contributed by atoms with Crippen LogP contribution < -0.4 is 0 Å². The second kappa shape index (κ2) is 19.2. The number of aryl methyl sites for hydroxylation is 2. The molecule has 0 unspecified atom stereocenters. The first kappa shape index (κ1) is 28.2. The van der Waals surface area contributed by atoms with Crippen molar-refractivity contribution >= 4 is 0 Å². The minimum absolute atomic E-state index is 1.18. The monoisotopic (exact) mass is 458 g/mol. The lowest BCUT2D eigenvalue weighted by molar-refractivity contribution is 0.581. The van der Waals surface area contributed by atoms with E-state index in [0.29, 0.717) is 0 Å². The Hall–Kier alpha value is -2.08. The van der Waals surface area contributed by atoms with E-state index in [1.54, 1.807) is 0 Å². The minimum atomic E-state index is 1.18. The Morgan fingerprint density at radius 2 is 0.676 bits per heavy atom. The van der Waals surface area contributed by atoms with Crippen molar-refractivity contribution in [1.29, 1.82) is 0 Å². The lowest BCUT2D eigenvalue weighted by Gasteiger charge is -2.07. The Kier molecular flexibility index (Phi) is 15.9. The van der Waals surface area contributed by atoms with Crippen molar-refractivity contribution in [3.05, 3.63) is 85.0 Å². The average Bonchev–Trinajstić information content (AvgIpc) is 2.87. The molecule has 2 aromatic carbocycles. The maximum Gasteiger partial charge on any atom is -0.0184 e. The van der Waals surface area contributed by atoms with E-state index in [2.05, 4.69) is 61.7 Å². The Balaban J connectivity index is 1.58. The van der Waals surface area contributed by atoms with Crippen LogP contribution in [0.2, 0.25) is 0 Å². The highest BCUT2D eigenvalue weighted by atomic mass is 14.1. The van der Waals surface area contributed by atoms with Crippen molar-refractivity contribution in [2.45, 2.75) is 116 Å². The molecule has 0 atom stereocenters. The molecule has 0 N–H and O–H groups in total. The Labute approximate surface area is 211 Å². The van der Waals surface area contributed by atoms with E-state index in [0.717, 1.165) is 0 Å². The second-order valence-electron chi connectivity index (χ2n) is 10.00. The summed E-state index contributed by atoms with van der Waals surface area (Å²) < 4.78 is 0. The molecule has 0 fully saturated rings. The van der Waals surface area contributed by atoms with Crippen LogP contribution in [0.1, 0.15) is 114 Å². The first-order chi connectivity index (χ1) is 16.8. The standard InChI is InChI=1S/C34H50/c1-3-5-7-9-11-13-15-17-19-21-31-23-27-33(28-24-31)34-29-25-32(26-30-34)22-20-18-16-14-12-10-8-6-4-2/h3-4,23-30H,1-2,5-22H2. The van der Waals surface area contributed by atoms with E-state index in [-0.39, 0.29) is 0 Å². The largest absolute Gasteiger partial charge is 0.103 e. The Morgan fingerprint density at radius 3 is 1.00 bits per heavy atom. The van der Waals surface area contributed by atoms with Crippen LogP contribution in [-0.4, -0.2) is 0 Å². The molecule has 0 radical (unpaired) electrons. The van der Waals surface area contributed by atoms with Gasteiger partial charge < -0.3 is 0 Å². The number of rotatable bonds is 21. The van der Waals surface area contributed by atoms with Crippen molar-refractivity contribution < 1.29 is 0 Å². The van der Waals surface area contributed by atoms with Crippen LogP contribution in [0, 0.1) is 0 Å². The van der Waals surface area contributed by atoms with E-state index in [4.69, 9.17) is 0 Å². The zero-order valence-corrected chi connectivity index (χ0v) is 21.9. The summed E-state index contributed by atoms with van der Waals surface area (Å²) in [5.74, 6) is 0. The number of hydrogen-bond acceptors (Lipinski definition) is 0. The van der Waals surface area contributed by atoms with Gasteiger partial charge in [-0.05, 0) is 73.6 Å². The van der Waals surface area contributed by atoms with E-state index in [9.17, 15) is 0 Å². The van der Waals surface area contributed by atoms with Crippen molar-refractivity contribution in [3.8, 4) is 11.1 Å². The lowest BCUT2D eigenvalue weighted by Crippen LogP contribution is -1.89. The van der Waals surface area contributed by atoms with E-state index >= 15 is 0 Å². The molecular formula is C34H50. The van der Waals surface area contributed by atoms with Crippen LogP contribution in [0.5, 0.6) is 0 Å². The predicted octanol–water partition coefficient (Wildman–Crippen LogP) is 11.1. The molecule has 0 saturated carbocycles. The van der Waals surface area contributed by atoms with E-state index < -0.39 is 0 Å². The molecule has 0 spiro atoms. The summed E-state index contributed by atoms with van der Waals surface area (Å²) in [6.45, 7) is 7.59. The molecule has 0 aliphatic carbocycles. The summed E-state index contributed by atoms with van der Waals surface area (Å²) in [6, 6.07) is 18.5. The first-order valence-corrected chi connectivity index (χ1v) is 14.2. The molecule has 0 amide bonds. The number of unbranched alkanes of at least 4 members (excludes halogenated alkanes) is 14. The molecule has 2 rings (SSSR count). The Morgan fingerprint density at radius 1 is 0.382 bits per heavy atom. The molecule has 2 aromatic rings. The normalized spacial score (nSPS) is 10.9. The van der Waals surface area contributed by atoms with Gasteiger partial charge in [-0.15, -0.1) is 13.2 Å². The molecule has 0 nitrogen and oxygen atoms in total. The quantitative estimate of drug-likeness (QED) is 0.129. The van der Waals surface area contributed by atoms with Gasteiger partial charge in [0.05, 0.1) is 0 Å². The molecule has 0 heterocycles. The maximum atomic E-state index is 3.80. The van der Waals surface area contributed by atoms with Gasteiger partial charge in [0.25, 0.3) is 0 Å². The van der Waals surface area contributed by atoms with Gasteiger partial charge in [-0.25, -0.2) is 0 Å². The molecule has 0 bridgehead atoms. The number of hydrogen-bond donors (Lipinski definition) is 0. The van der Waals surface area contributed by atoms with E-state index in [1.165, 1.54) is 138 Å². The average molecular weight is 459 g/mol. The fraction of sp³-hybridized carbons (Fsp3) is 0.529. The predicted molar refractivity (Wildman–Crippen MR) is 154 cm³/mol. The minimum Gasteiger partial charge on any atom is -0.103 e. The van der Waals surface area contributed by atoms with Crippen LogP contribution in [-0.2, 0) is 12.8 Å². The molecule has 0 aliphatic heterocycles. The summed E-state index contributed by atoms with van der Waals surface area (Å²) in [5.41, 5.74) is 5.64. The van der Waals surface area contributed by atoms with Gasteiger partial charge in [0.1, 0.15) is 0 Å².